The van der Waals surface area contributed by atoms with Gasteiger partial charge in [-0.05, 0) is 12.3 Å². The fraction of sp³-hybridized carbons (Fsp3) is 0.364. The van der Waals surface area contributed by atoms with E-state index in [0.717, 1.165) is 0 Å². The van der Waals surface area contributed by atoms with E-state index >= 15 is 0 Å². The van der Waals surface area contributed by atoms with Gasteiger partial charge in [0.05, 0.1) is 11.9 Å². The smallest absolute Gasteiger partial charge is 0.238 e. The SMILES string of the molecule is CC(C)Cc1c(C#N)c(F)c2cnc(N)nn12. The van der Waals surface area contributed by atoms with E-state index in [1.807, 2.05) is 19.9 Å². The molecule has 0 saturated heterocycles. The van der Waals surface area contributed by atoms with E-state index in [2.05, 4.69) is 10.1 Å². The highest BCUT2D eigenvalue weighted by Gasteiger charge is 2.20. The van der Waals surface area contributed by atoms with Crippen LogP contribution in [0.25, 0.3) is 5.52 Å². The Bertz CT molecular complexity index is 608. The molecule has 0 fully saturated rings. The molecular formula is C11H12FN5. The molecule has 0 aromatic carbocycles. The third kappa shape index (κ3) is 1.80. The standard InChI is InChI=1S/C11H12FN5/c1-6(2)3-8-7(4-13)10(12)9-5-15-11(14)16-17(8)9/h5-6H,3H2,1-2H3,(H2,14,16). The van der Waals surface area contributed by atoms with Gasteiger partial charge in [0.2, 0.25) is 5.95 Å². The van der Waals surface area contributed by atoms with E-state index in [1.165, 1.54) is 10.7 Å². The molecule has 0 aliphatic carbocycles. The van der Waals surface area contributed by atoms with E-state index in [-0.39, 0.29) is 22.9 Å². The summed E-state index contributed by atoms with van der Waals surface area (Å²) in [6.07, 6.45) is 1.85. The van der Waals surface area contributed by atoms with Crippen LogP contribution < -0.4 is 5.73 Å². The minimum Gasteiger partial charge on any atom is -0.367 e. The Morgan fingerprint density at radius 3 is 2.88 bits per heavy atom. The molecule has 2 aromatic heterocycles. The lowest BCUT2D eigenvalue weighted by Gasteiger charge is -2.05. The van der Waals surface area contributed by atoms with Gasteiger partial charge in [0, 0.05) is 0 Å². The number of anilines is 1. The number of nitrogens with zero attached hydrogens (tertiary/aromatic N) is 4. The van der Waals surface area contributed by atoms with Gasteiger partial charge in [0.15, 0.2) is 5.82 Å². The quantitative estimate of drug-likeness (QED) is 0.852. The van der Waals surface area contributed by atoms with E-state index in [0.29, 0.717) is 12.1 Å². The summed E-state index contributed by atoms with van der Waals surface area (Å²) < 4.78 is 15.3. The fourth-order valence-electron chi connectivity index (χ4n) is 1.77. The number of aromatic nitrogens is 3. The molecule has 0 atom stereocenters. The summed E-state index contributed by atoms with van der Waals surface area (Å²) in [7, 11) is 0. The third-order valence-electron chi connectivity index (χ3n) is 2.45. The average Bonchev–Trinajstić information content (AvgIpc) is 2.51. The van der Waals surface area contributed by atoms with Crippen molar-refractivity contribution >= 4 is 11.5 Å². The predicted molar refractivity (Wildman–Crippen MR) is 60.6 cm³/mol. The fourth-order valence-corrected chi connectivity index (χ4v) is 1.77. The van der Waals surface area contributed by atoms with E-state index in [9.17, 15) is 4.39 Å². The minimum absolute atomic E-state index is 0.0265. The molecule has 2 aromatic rings. The van der Waals surface area contributed by atoms with Gasteiger partial charge in [0.1, 0.15) is 17.1 Å². The Balaban J connectivity index is 2.77. The molecule has 0 aliphatic rings. The van der Waals surface area contributed by atoms with Gasteiger partial charge in [-0.25, -0.2) is 13.9 Å². The zero-order valence-corrected chi connectivity index (χ0v) is 9.61. The van der Waals surface area contributed by atoms with Gasteiger partial charge in [-0.15, -0.1) is 5.10 Å². The summed E-state index contributed by atoms with van der Waals surface area (Å²) in [6, 6.07) is 1.87. The number of hydrogen-bond acceptors (Lipinski definition) is 4. The van der Waals surface area contributed by atoms with Crippen molar-refractivity contribution < 1.29 is 4.39 Å². The van der Waals surface area contributed by atoms with Crippen LogP contribution in [-0.2, 0) is 6.42 Å². The Morgan fingerprint density at radius 1 is 1.59 bits per heavy atom. The Hall–Kier alpha value is -2.16. The van der Waals surface area contributed by atoms with Crippen molar-refractivity contribution in [3.63, 3.8) is 0 Å². The minimum atomic E-state index is -0.580. The summed E-state index contributed by atoms with van der Waals surface area (Å²) >= 11 is 0. The number of rotatable bonds is 2. The monoisotopic (exact) mass is 233 g/mol. The van der Waals surface area contributed by atoms with Gasteiger partial charge in [-0.1, -0.05) is 13.8 Å². The molecule has 17 heavy (non-hydrogen) atoms. The lowest BCUT2D eigenvalue weighted by atomic mass is 10.1. The van der Waals surface area contributed by atoms with Crippen molar-refractivity contribution in [2.24, 2.45) is 5.92 Å². The first-order valence-electron chi connectivity index (χ1n) is 5.26. The highest BCUT2D eigenvalue weighted by atomic mass is 19.1. The first-order valence-corrected chi connectivity index (χ1v) is 5.26. The van der Waals surface area contributed by atoms with Crippen LogP contribution >= 0.6 is 0 Å². The molecule has 0 aliphatic heterocycles. The molecule has 0 radical (unpaired) electrons. The molecule has 0 spiro atoms. The maximum atomic E-state index is 13.9. The maximum absolute atomic E-state index is 13.9. The second-order valence-corrected chi connectivity index (χ2v) is 4.26. The topological polar surface area (TPSA) is 80.0 Å². The van der Waals surface area contributed by atoms with Gasteiger partial charge in [0.25, 0.3) is 0 Å². The summed E-state index contributed by atoms with van der Waals surface area (Å²) in [5.41, 5.74) is 6.23. The second-order valence-electron chi connectivity index (χ2n) is 4.26. The number of nitriles is 1. The first-order chi connectivity index (χ1) is 8.04. The molecule has 0 unspecified atom stereocenters. The van der Waals surface area contributed by atoms with Crippen LogP contribution in [0.1, 0.15) is 25.1 Å². The van der Waals surface area contributed by atoms with E-state index < -0.39 is 5.82 Å². The first kappa shape index (κ1) is 11.3. The molecule has 0 bridgehead atoms. The summed E-state index contributed by atoms with van der Waals surface area (Å²) in [4.78, 5) is 3.73. The predicted octanol–water partition coefficient (Wildman–Crippen LogP) is 1.52. The van der Waals surface area contributed by atoms with Crippen molar-refractivity contribution in [1.82, 2.24) is 14.6 Å². The van der Waals surface area contributed by atoms with E-state index in [1.54, 1.807) is 0 Å². The van der Waals surface area contributed by atoms with Gasteiger partial charge in [-0.2, -0.15) is 5.26 Å². The van der Waals surface area contributed by atoms with Crippen molar-refractivity contribution in [3.05, 3.63) is 23.3 Å². The number of nitrogens with two attached hydrogens (primary N) is 1. The van der Waals surface area contributed by atoms with Crippen LogP contribution in [0.15, 0.2) is 6.20 Å². The van der Waals surface area contributed by atoms with Crippen molar-refractivity contribution in [2.75, 3.05) is 5.73 Å². The molecule has 5 nitrogen and oxygen atoms in total. The Kier molecular flexibility index (Phi) is 2.68. The number of hydrogen-bond donors (Lipinski definition) is 1. The average molecular weight is 233 g/mol. The zero-order chi connectivity index (χ0) is 12.6. The number of halogens is 1. The highest BCUT2D eigenvalue weighted by Crippen LogP contribution is 2.22. The van der Waals surface area contributed by atoms with Crippen LogP contribution in [-0.4, -0.2) is 14.6 Å². The lowest BCUT2D eigenvalue weighted by Crippen LogP contribution is -2.06. The molecule has 2 N–H and O–H groups in total. The van der Waals surface area contributed by atoms with Crippen LogP contribution in [0.4, 0.5) is 10.3 Å². The number of fused-ring (bicyclic) bond motifs is 1. The number of nitrogen functional groups attached to an aromatic ring is 1. The molecular weight excluding hydrogens is 221 g/mol. The summed E-state index contributed by atoms with van der Waals surface area (Å²) in [6.45, 7) is 3.98. The highest BCUT2D eigenvalue weighted by molar-refractivity contribution is 5.57. The van der Waals surface area contributed by atoms with Crippen molar-refractivity contribution in [3.8, 4) is 6.07 Å². The second kappa shape index (κ2) is 4.01. The molecule has 2 rings (SSSR count). The van der Waals surface area contributed by atoms with Gasteiger partial charge in [-0.3, -0.25) is 0 Å². The summed E-state index contributed by atoms with van der Waals surface area (Å²) in [5, 5.41) is 13.0. The van der Waals surface area contributed by atoms with Gasteiger partial charge >= 0.3 is 0 Å². The third-order valence-corrected chi connectivity index (χ3v) is 2.45. The van der Waals surface area contributed by atoms with Crippen LogP contribution in [0.3, 0.4) is 0 Å². The Morgan fingerprint density at radius 2 is 2.29 bits per heavy atom. The van der Waals surface area contributed by atoms with Crippen LogP contribution in [0.5, 0.6) is 0 Å². The van der Waals surface area contributed by atoms with Crippen molar-refractivity contribution in [1.29, 1.82) is 5.26 Å². The zero-order valence-electron chi connectivity index (χ0n) is 9.61. The largest absolute Gasteiger partial charge is 0.367 e. The summed E-state index contributed by atoms with van der Waals surface area (Å²) in [5.74, 6) is -0.235. The molecule has 0 amide bonds. The normalized spacial score (nSPS) is 11.0. The Labute approximate surface area is 97.7 Å². The van der Waals surface area contributed by atoms with E-state index in [4.69, 9.17) is 11.0 Å². The lowest BCUT2D eigenvalue weighted by molar-refractivity contribution is 0.617. The van der Waals surface area contributed by atoms with Gasteiger partial charge < -0.3 is 5.73 Å². The molecule has 0 saturated carbocycles. The molecule has 88 valence electrons. The maximum Gasteiger partial charge on any atom is 0.238 e. The molecule has 6 heteroatoms. The molecule has 2 heterocycles. The van der Waals surface area contributed by atoms with Crippen LogP contribution in [0, 0.1) is 23.1 Å². The van der Waals surface area contributed by atoms with Crippen LogP contribution in [0.2, 0.25) is 0 Å². The van der Waals surface area contributed by atoms with Crippen molar-refractivity contribution in [2.45, 2.75) is 20.3 Å².